The average molecular weight is 131 g/mol. The maximum absolute atomic E-state index is 5.29. The van der Waals surface area contributed by atoms with E-state index in [1.807, 2.05) is 7.05 Å². The summed E-state index contributed by atoms with van der Waals surface area (Å²) in [7, 11) is 1.95. The van der Waals surface area contributed by atoms with Gasteiger partial charge in [-0.3, -0.25) is 0 Å². The highest BCUT2D eigenvalue weighted by Gasteiger charge is 1.82. The van der Waals surface area contributed by atoms with Crippen molar-refractivity contribution in [3.8, 4) is 0 Å². The number of rotatable bonds is 6. The Morgan fingerprint density at radius 3 is 2.56 bits per heavy atom. The van der Waals surface area contributed by atoms with Gasteiger partial charge in [0.25, 0.3) is 0 Å². The summed E-state index contributed by atoms with van der Waals surface area (Å²) in [5.74, 6) is 0. The average Bonchev–Trinajstić information content (AvgIpc) is 1.89. The van der Waals surface area contributed by atoms with Crippen LogP contribution in [0.5, 0.6) is 0 Å². The molecule has 0 fully saturated rings. The van der Waals surface area contributed by atoms with Gasteiger partial charge in [0, 0.05) is 13.1 Å². The minimum absolute atomic E-state index is 0.784. The molecule has 0 aromatic carbocycles. The Morgan fingerprint density at radius 1 is 1.22 bits per heavy atom. The van der Waals surface area contributed by atoms with Crippen molar-refractivity contribution < 1.29 is 0 Å². The zero-order valence-corrected chi connectivity index (χ0v) is 6.11. The normalized spacial score (nSPS) is 10.0. The second kappa shape index (κ2) is 7.88. The summed E-state index contributed by atoms with van der Waals surface area (Å²) in [6.07, 6.45) is 1.07. The van der Waals surface area contributed by atoms with Gasteiger partial charge in [-0.05, 0) is 26.6 Å². The van der Waals surface area contributed by atoms with Crippen LogP contribution in [0.3, 0.4) is 0 Å². The third-order valence-corrected chi connectivity index (χ3v) is 1.11. The summed E-state index contributed by atoms with van der Waals surface area (Å²) in [5.41, 5.74) is 5.29. The van der Waals surface area contributed by atoms with Gasteiger partial charge in [-0.1, -0.05) is 0 Å². The van der Waals surface area contributed by atoms with Crippen molar-refractivity contribution in [3.05, 3.63) is 0 Å². The van der Waals surface area contributed by atoms with Crippen LogP contribution in [0.2, 0.25) is 0 Å². The van der Waals surface area contributed by atoms with Crippen molar-refractivity contribution in [2.75, 3.05) is 33.2 Å². The van der Waals surface area contributed by atoms with E-state index in [9.17, 15) is 0 Å². The second-order valence-electron chi connectivity index (χ2n) is 2.00. The van der Waals surface area contributed by atoms with Gasteiger partial charge >= 0.3 is 0 Å². The zero-order chi connectivity index (χ0) is 6.95. The minimum atomic E-state index is 0.784. The van der Waals surface area contributed by atoms with Crippen LogP contribution in [0.25, 0.3) is 0 Å². The highest BCUT2D eigenvalue weighted by Crippen LogP contribution is 1.66. The molecular formula is C6H17N3. The van der Waals surface area contributed by atoms with Gasteiger partial charge in [0.2, 0.25) is 0 Å². The maximum Gasteiger partial charge on any atom is 0.00766 e. The lowest BCUT2D eigenvalue weighted by Gasteiger charge is -2.00. The molecule has 0 aromatic heterocycles. The Hall–Kier alpha value is -0.120. The summed E-state index contributed by atoms with van der Waals surface area (Å²) in [5, 5.41) is 6.30. The van der Waals surface area contributed by atoms with Gasteiger partial charge in [-0.15, -0.1) is 0 Å². The first-order chi connectivity index (χ1) is 4.41. The quantitative estimate of drug-likeness (QED) is 0.411. The summed E-state index contributed by atoms with van der Waals surface area (Å²) >= 11 is 0. The van der Waals surface area contributed by atoms with Gasteiger partial charge < -0.3 is 16.4 Å². The molecule has 0 aliphatic carbocycles. The molecule has 56 valence electrons. The summed E-state index contributed by atoms with van der Waals surface area (Å²) in [6.45, 7) is 3.89. The van der Waals surface area contributed by atoms with Gasteiger partial charge in [0.05, 0.1) is 0 Å². The first kappa shape index (κ1) is 8.88. The molecule has 0 aliphatic rings. The molecule has 3 nitrogen and oxygen atoms in total. The summed E-state index contributed by atoms with van der Waals surface area (Å²) < 4.78 is 0. The van der Waals surface area contributed by atoms with Crippen LogP contribution in [0, 0.1) is 0 Å². The molecule has 0 amide bonds. The predicted octanol–water partition coefficient (Wildman–Crippen LogP) is -0.856. The maximum atomic E-state index is 5.29. The molecule has 0 radical (unpaired) electrons. The van der Waals surface area contributed by atoms with Crippen LogP contribution in [-0.2, 0) is 0 Å². The second-order valence-corrected chi connectivity index (χ2v) is 2.00. The molecule has 0 rings (SSSR count). The molecule has 0 saturated carbocycles. The largest absolute Gasteiger partial charge is 0.330 e. The van der Waals surface area contributed by atoms with Crippen LogP contribution in [0.4, 0.5) is 0 Å². The molecule has 3 heteroatoms. The fourth-order valence-electron chi connectivity index (χ4n) is 0.565. The predicted molar refractivity (Wildman–Crippen MR) is 40.5 cm³/mol. The molecule has 4 N–H and O–H groups in total. The molecule has 0 aliphatic heterocycles. The molecule has 0 aromatic rings. The van der Waals surface area contributed by atoms with Crippen molar-refractivity contribution in [2.45, 2.75) is 6.42 Å². The standard InChI is InChI=1S/C6H17N3/c1-8-5-6-9-4-2-3-7/h8-9H,2-7H2,1H3. The summed E-state index contributed by atoms with van der Waals surface area (Å²) in [6, 6.07) is 0. The number of nitrogens with two attached hydrogens (primary N) is 1. The van der Waals surface area contributed by atoms with E-state index < -0.39 is 0 Å². The molecule has 0 bridgehead atoms. The third kappa shape index (κ3) is 7.88. The zero-order valence-electron chi connectivity index (χ0n) is 6.11. The fourth-order valence-corrected chi connectivity index (χ4v) is 0.565. The Labute approximate surface area is 57.0 Å². The molecule has 0 saturated heterocycles. The summed E-state index contributed by atoms with van der Waals surface area (Å²) in [4.78, 5) is 0. The van der Waals surface area contributed by atoms with E-state index in [0.717, 1.165) is 32.6 Å². The van der Waals surface area contributed by atoms with Gasteiger partial charge in [0.15, 0.2) is 0 Å². The molecule has 0 atom stereocenters. The SMILES string of the molecule is CNCCNCCCN. The Kier molecular flexibility index (Phi) is 7.77. The number of hydrogen-bond acceptors (Lipinski definition) is 3. The highest BCUT2D eigenvalue weighted by atomic mass is 14.9. The molecular weight excluding hydrogens is 114 g/mol. The van der Waals surface area contributed by atoms with Crippen molar-refractivity contribution in [3.63, 3.8) is 0 Å². The van der Waals surface area contributed by atoms with Crippen LogP contribution >= 0.6 is 0 Å². The van der Waals surface area contributed by atoms with Crippen LogP contribution < -0.4 is 16.4 Å². The monoisotopic (exact) mass is 131 g/mol. The lowest BCUT2D eigenvalue weighted by Crippen LogP contribution is -2.26. The van der Waals surface area contributed by atoms with E-state index in [1.54, 1.807) is 0 Å². The van der Waals surface area contributed by atoms with Crippen molar-refractivity contribution in [1.29, 1.82) is 0 Å². The van der Waals surface area contributed by atoms with Crippen molar-refractivity contribution >= 4 is 0 Å². The molecule has 0 spiro atoms. The van der Waals surface area contributed by atoms with Gasteiger partial charge in [-0.25, -0.2) is 0 Å². The number of hydrogen-bond donors (Lipinski definition) is 3. The Morgan fingerprint density at radius 2 is 2.00 bits per heavy atom. The first-order valence-electron chi connectivity index (χ1n) is 3.47. The van der Waals surface area contributed by atoms with Crippen LogP contribution in [0.15, 0.2) is 0 Å². The molecule has 9 heavy (non-hydrogen) atoms. The number of likely N-dealkylation sites (N-methyl/N-ethyl adjacent to an activating group) is 1. The van der Waals surface area contributed by atoms with E-state index in [-0.39, 0.29) is 0 Å². The third-order valence-electron chi connectivity index (χ3n) is 1.11. The van der Waals surface area contributed by atoms with Gasteiger partial charge in [0.1, 0.15) is 0 Å². The van der Waals surface area contributed by atoms with Crippen LogP contribution in [0.1, 0.15) is 6.42 Å². The first-order valence-corrected chi connectivity index (χ1v) is 3.47. The molecule has 0 unspecified atom stereocenters. The lowest BCUT2D eigenvalue weighted by atomic mass is 10.4. The lowest BCUT2D eigenvalue weighted by molar-refractivity contribution is 0.629. The van der Waals surface area contributed by atoms with E-state index in [4.69, 9.17) is 5.73 Å². The topological polar surface area (TPSA) is 50.1 Å². The van der Waals surface area contributed by atoms with E-state index in [0.29, 0.717) is 0 Å². The number of nitrogens with one attached hydrogen (secondary N) is 2. The van der Waals surface area contributed by atoms with Crippen molar-refractivity contribution in [1.82, 2.24) is 10.6 Å². The van der Waals surface area contributed by atoms with Crippen LogP contribution in [-0.4, -0.2) is 33.2 Å². The van der Waals surface area contributed by atoms with E-state index in [1.165, 1.54) is 0 Å². The van der Waals surface area contributed by atoms with E-state index >= 15 is 0 Å². The molecule has 0 heterocycles. The van der Waals surface area contributed by atoms with Gasteiger partial charge in [-0.2, -0.15) is 0 Å². The highest BCUT2D eigenvalue weighted by molar-refractivity contribution is 4.48. The van der Waals surface area contributed by atoms with E-state index in [2.05, 4.69) is 10.6 Å². The minimum Gasteiger partial charge on any atom is -0.330 e. The Balaban J connectivity index is 2.60. The fraction of sp³-hybridized carbons (Fsp3) is 1.00. The Bertz CT molecular complexity index is 41.6. The van der Waals surface area contributed by atoms with Crippen molar-refractivity contribution in [2.24, 2.45) is 5.73 Å². The smallest absolute Gasteiger partial charge is 0.00766 e.